The summed E-state index contributed by atoms with van der Waals surface area (Å²) in [6.45, 7) is 2.24. The molecule has 1 saturated heterocycles. The number of aromatic nitrogens is 3. The van der Waals surface area contributed by atoms with Crippen LogP contribution >= 0.6 is 0 Å². The quantitative estimate of drug-likeness (QED) is 0.851. The molecule has 2 amide bonds. The van der Waals surface area contributed by atoms with Crippen LogP contribution in [0.25, 0.3) is 0 Å². The molecule has 1 aromatic heterocycles. The van der Waals surface area contributed by atoms with Gasteiger partial charge in [0.05, 0.1) is 12.7 Å². The number of carbonyl (C=O) groups is 2. The number of hydrogen-bond acceptors (Lipinski definition) is 4. The van der Waals surface area contributed by atoms with Crippen molar-refractivity contribution in [3.8, 4) is 0 Å². The Hall–Kier alpha value is -2.84. The molecule has 2 heterocycles. The third-order valence-corrected chi connectivity index (χ3v) is 4.35. The van der Waals surface area contributed by atoms with Crippen LogP contribution in [-0.4, -0.2) is 44.3 Å². The van der Waals surface area contributed by atoms with Gasteiger partial charge in [-0.15, -0.1) is 5.10 Å². The van der Waals surface area contributed by atoms with Crippen molar-refractivity contribution in [2.45, 2.75) is 38.8 Å². The average molecular weight is 363 g/mol. The molecule has 0 aliphatic carbocycles. The van der Waals surface area contributed by atoms with E-state index in [0.717, 1.165) is 18.6 Å². The molecule has 9 heteroatoms. The first-order valence-corrected chi connectivity index (χ1v) is 8.43. The highest BCUT2D eigenvalue weighted by Gasteiger charge is 2.31. The van der Waals surface area contributed by atoms with Gasteiger partial charge in [-0.25, -0.2) is 13.5 Å². The van der Waals surface area contributed by atoms with E-state index >= 15 is 0 Å². The minimum absolute atomic E-state index is 0.0364. The fourth-order valence-electron chi connectivity index (χ4n) is 3.03. The molecule has 138 valence electrons. The lowest BCUT2D eigenvalue weighted by molar-refractivity contribution is -0.135. The van der Waals surface area contributed by atoms with Gasteiger partial charge in [0, 0.05) is 18.5 Å². The Labute approximate surface area is 149 Å². The van der Waals surface area contributed by atoms with E-state index < -0.39 is 17.7 Å². The van der Waals surface area contributed by atoms with Crippen molar-refractivity contribution in [3.63, 3.8) is 0 Å². The highest BCUT2D eigenvalue weighted by molar-refractivity contribution is 5.96. The lowest BCUT2D eigenvalue weighted by atomic mass is 10.2. The number of likely N-dealkylation sites (tertiary alicyclic amines) is 1. The van der Waals surface area contributed by atoms with Gasteiger partial charge in [0.1, 0.15) is 17.7 Å². The Morgan fingerprint density at radius 2 is 2.08 bits per heavy atom. The second kappa shape index (κ2) is 7.59. The van der Waals surface area contributed by atoms with E-state index in [-0.39, 0.29) is 29.7 Å². The van der Waals surface area contributed by atoms with Crippen LogP contribution in [0.15, 0.2) is 24.4 Å². The Kier molecular flexibility index (Phi) is 5.24. The molecule has 0 spiro atoms. The summed E-state index contributed by atoms with van der Waals surface area (Å²) < 4.78 is 28.6. The van der Waals surface area contributed by atoms with Crippen LogP contribution in [0.3, 0.4) is 0 Å². The second-order valence-corrected chi connectivity index (χ2v) is 6.11. The van der Waals surface area contributed by atoms with Gasteiger partial charge < -0.3 is 10.2 Å². The van der Waals surface area contributed by atoms with Gasteiger partial charge in [0.2, 0.25) is 11.8 Å². The minimum atomic E-state index is -0.676. The number of rotatable bonds is 6. The van der Waals surface area contributed by atoms with Gasteiger partial charge in [0.15, 0.2) is 5.82 Å². The number of nitrogens with one attached hydrogen (secondary N) is 1. The number of amides is 2. The highest BCUT2D eigenvalue weighted by Crippen LogP contribution is 2.18. The first kappa shape index (κ1) is 18.0. The maximum absolute atomic E-state index is 13.7. The SMILES string of the molecule is CC[C@@H](C(=O)Nc1cn(Cc2c(F)cccc2F)nn1)N1CCCC1=O. The molecule has 7 nitrogen and oxygen atoms in total. The summed E-state index contributed by atoms with van der Waals surface area (Å²) in [5.41, 5.74) is -0.135. The van der Waals surface area contributed by atoms with E-state index in [1.54, 1.807) is 4.90 Å². The minimum Gasteiger partial charge on any atom is -0.331 e. The lowest BCUT2D eigenvalue weighted by Crippen LogP contribution is -2.44. The maximum Gasteiger partial charge on any atom is 0.248 e. The Bertz CT molecular complexity index is 803. The molecule has 1 atom stereocenters. The molecular formula is C17H19F2N5O2. The standard InChI is InChI=1S/C17H19F2N5O2/c1-2-14(24-8-4-7-16(24)25)17(26)20-15-10-23(22-21-15)9-11-12(18)5-3-6-13(11)19/h3,5-6,10,14H,2,4,7-9H2,1H3,(H,20,26)/t14-/m0/s1. The summed E-state index contributed by atoms with van der Waals surface area (Å²) in [4.78, 5) is 25.9. The van der Waals surface area contributed by atoms with Crippen LogP contribution in [0.2, 0.25) is 0 Å². The van der Waals surface area contributed by atoms with Gasteiger partial charge >= 0.3 is 0 Å². The normalized spacial score (nSPS) is 15.3. The third-order valence-electron chi connectivity index (χ3n) is 4.35. The Balaban J connectivity index is 1.68. The predicted octanol–water partition coefficient (Wildman–Crippen LogP) is 1.94. The summed E-state index contributed by atoms with van der Waals surface area (Å²) in [5.74, 6) is -1.58. The largest absolute Gasteiger partial charge is 0.331 e. The van der Waals surface area contributed by atoms with E-state index in [4.69, 9.17) is 0 Å². The molecule has 0 unspecified atom stereocenters. The molecule has 3 rings (SSSR count). The van der Waals surface area contributed by atoms with Crippen molar-refractivity contribution in [2.75, 3.05) is 11.9 Å². The van der Waals surface area contributed by atoms with Crippen molar-refractivity contribution in [2.24, 2.45) is 0 Å². The number of halogens is 2. The van der Waals surface area contributed by atoms with Crippen molar-refractivity contribution in [1.29, 1.82) is 0 Å². The van der Waals surface area contributed by atoms with Crippen LogP contribution in [0.1, 0.15) is 31.7 Å². The maximum atomic E-state index is 13.7. The number of nitrogens with zero attached hydrogens (tertiary/aromatic N) is 4. The number of benzene rings is 1. The fraction of sp³-hybridized carbons (Fsp3) is 0.412. The zero-order valence-corrected chi connectivity index (χ0v) is 14.3. The first-order chi connectivity index (χ1) is 12.5. The van der Waals surface area contributed by atoms with Crippen LogP contribution in [0, 0.1) is 11.6 Å². The predicted molar refractivity (Wildman–Crippen MR) is 89.1 cm³/mol. The highest BCUT2D eigenvalue weighted by atomic mass is 19.1. The first-order valence-electron chi connectivity index (χ1n) is 8.43. The Morgan fingerprint density at radius 3 is 2.69 bits per heavy atom. The molecular weight excluding hydrogens is 344 g/mol. The van der Waals surface area contributed by atoms with Crippen LogP contribution in [0.5, 0.6) is 0 Å². The van der Waals surface area contributed by atoms with E-state index in [1.165, 1.54) is 16.9 Å². The van der Waals surface area contributed by atoms with Gasteiger partial charge in [-0.3, -0.25) is 9.59 Å². The molecule has 0 radical (unpaired) electrons. The molecule has 1 aromatic carbocycles. The zero-order chi connectivity index (χ0) is 18.7. The summed E-state index contributed by atoms with van der Waals surface area (Å²) >= 11 is 0. The second-order valence-electron chi connectivity index (χ2n) is 6.11. The van der Waals surface area contributed by atoms with Crippen LogP contribution in [-0.2, 0) is 16.1 Å². The Morgan fingerprint density at radius 1 is 1.35 bits per heavy atom. The van der Waals surface area contributed by atoms with Gasteiger partial charge in [-0.1, -0.05) is 18.2 Å². The lowest BCUT2D eigenvalue weighted by Gasteiger charge is -2.25. The van der Waals surface area contributed by atoms with Crippen molar-refractivity contribution < 1.29 is 18.4 Å². The average Bonchev–Trinajstić information content (AvgIpc) is 3.21. The number of anilines is 1. The van der Waals surface area contributed by atoms with Gasteiger partial charge in [-0.05, 0) is 25.0 Å². The molecule has 26 heavy (non-hydrogen) atoms. The van der Waals surface area contributed by atoms with Crippen LogP contribution in [0.4, 0.5) is 14.6 Å². The topological polar surface area (TPSA) is 80.1 Å². The molecule has 0 saturated carbocycles. The molecule has 1 N–H and O–H groups in total. The molecule has 1 aliphatic rings. The van der Waals surface area contributed by atoms with Crippen molar-refractivity contribution >= 4 is 17.6 Å². The van der Waals surface area contributed by atoms with E-state index in [1.807, 2.05) is 6.92 Å². The summed E-state index contributed by atoms with van der Waals surface area (Å²) in [6, 6.07) is 3.04. The van der Waals surface area contributed by atoms with E-state index in [9.17, 15) is 18.4 Å². The van der Waals surface area contributed by atoms with Gasteiger partial charge in [0.25, 0.3) is 0 Å². The monoisotopic (exact) mass is 363 g/mol. The summed E-state index contributed by atoms with van der Waals surface area (Å²) in [7, 11) is 0. The van der Waals surface area contributed by atoms with Crippen molar-refractivity contribution in [1.82, 2.24) is 19.9 Å². The summed E-state index contributed by atoms with van der Waals surface area (Å²) in [5, 5.41) is 10.2. The molecule has 0 bridgehead atoms. The molecule has 2 aromatic rings. The smallest absolute Gasteiger partial charge is 0.248 e. The zero-order valence-electron chi connectivity index (χ0n) is 14.3. The third kappa shape index (κ3) is 3.71. The van der Waals surface area contributed by atoms with Crippen LogP contribution < -0.4 is 5.32 Å². The van der Waals surface area contributed by atoms with Crippen molar-refractivity contribution in [3.05, 3.63) is 41.6 Å². The summed E-state index contributed by atoms with van der Waals surface area (Å²) in [6.07, 6.45) is 3.07. The van der Waals surface area contributed by atoms with Gasteiger partial charge in [-0.2, -0.15) is 0 Å². The molecule has 1 fully saturated rings. The number of carbonyl (C=O) groups excluding carboxylic acids is 2. The fourth-order valence-corrected chi connectivity index (χ4v) is 3.03. The number of hydrogen-bond donors (Lipinski definition) is 1. The van der Waals surface area contributed by atoms with E-state index in [2.05, 4.69) is 15.6 Å². The molecule has 1 aliphatic heterocycles. The van der Waals surface area contributed by atoms with E-state index in [0.29, 0.717) is 19.4 Å².